The van der Waals surface area contributed by atoms with Crippen LogP contribution in [0.4, 0.5) is 4.79 Å². The SMILES string of the molecule is CC(CCC(=O)ON1C(=O)CCC1=O)CNC(=O)OCc1ccccc1. The molecule has 2 rings (SSSR count). The van der Waals surface area contributed by atoms with Crippen LogP contribution in [0.15, 0.2) is 30.3 Å². The first-order valence-corrected chi connectivity index (χ1v) is 8.47. The predicted molar refractivity (Wildman–Crippen MR) is 90.2 cm³/mol. The second-order valence-corrected chi connectivity index (χ2v) is 6.13. The van der Waals surface area contributed by atoms with Crippen LogP contribution in [0.5, 0.6) is 0 Å². The van der Waals surface area contributed by atoms with Crippen molar-refractivity contribution in [2.45, 2.75) is 39.2 Å². The maximum atomic E-state index is 11.7. The van der Waals surface area contributed by atoms with E-state index in [1.54, 1.807) is 0 Å². The van der Waals surface area contributed by atoms with Gasteiger partial charge < -0.3 is 14.9 Å². The number of hydrogen-bond donors (Lipinski definition) is 1. The first-order chi connectivity index (χ1) is 12.5. The Hall–Kier alpha value is -2.90. The minimum atomic E-state index is -0.646. The molecule has 0 aromatic heterocycles. The molecule has 26 heavy (non-hydrogen) atoms. The zero-order valence-corrected chi connectivity index (χ0v) is 14.6. The first kappa shape index (κ1) is 19.4. The number of amides is 3. The van der Waals surface area contributed by atoms with Gasteiger partial charge in [0.2, 0.25) is 0 Å². The lowest BCUT2D eigenvalue weighted by Gasteiger charge is -2.15. The van der Waals surface area contributed by atoms with E-state index in [-0.39, 0.29) is 31.8 Å². The number of alkyl carbamates (subject to hydrolysis) is 1. The van der Waals surface area contributed by atoms with Gasteiger partial charge in [0.15, 0.2) is 0 Å². The van der Waals surface area contributed by atoms with Gasteiger partial charge in [-0.2, -0.15) is 0 Å². The van der Waals surface area contributed by atoms with Crippen molar-refractivity contribution in [2.24, 2.45) is 5.92 Å². The van der Waals surface area contributed by atoms with Crippen LogP contribution in [0, 0.1) is 5.92 Å². The second kappa shape index (κ2) is 9.55. The largest absolute Gasteiger partial charge is 0.445 e. The monoisotopic (exact) mass is 362 g/mol. The molecular weight excluding hydrogens is 340 g/mol. The van der Waals surface area contributed by atoms with Crippen LogP contribution in [-0.4, -0.2) is 35.5 Å². The molecule has 1 unspecified atom stereocenters. The summed E-state index contributed by atoms with van der Waals surface area (Å²) in [6.45, 7) is 2.38. The number of hydrogen-bond acceptors (Lipinski definition) is 6. The zero-order valence-electron chi connectivity index (χ0n) is 14.6. The van der Waals surface area contributed by atoms with Gasteiger partial charge in [-0.15, -0.1) is 5.06 Å². The molecule has 0 saturated carbocycles. The van der Waals surface area contributed by atoms with E-state index in [9.17, 15) is 19.2 Å². The van der Waals surface area contributed by atoms with E-state index in [0.29, 0.717) is 18.0 Å². The van der Waals surface area contributed by atoms with Crippen molar-refractivity contribution in [1.82, 2.24) is 10.4 Å². The lowest BCUT2D eigenvalue weighted by atomic mass is 10.1. The van der Waals surface area contributed by atoms with Crippen LogP contribution in [0.25, 0.3) is 0 Å². The van der Waals surface area contributed by atoms with Crippen LogP contribution in [-0.2, 0) is 30.6 Å². The van der Waals surface area contributed by atoms with Crippen molar-refractivity contribution >= 4 is 23.9 Å². The Bertz CT molecular complexity index is 645. The Morgan fingerprint density at radius 3 is 2.46 bits per heavy atom. The number of nitrogens with one attached hydrogen (secondary N) is 1. The van der Waals surface area contributed by atoms with E-state index in [1.165, 1.54) is 0 Å². The zero-order chi connectivity index (χ0) is 18.9. The Balaban J connectivity index is 1.60. The minimum absolute atomic E-state index is 0.00296. The molecule has 1 N–H and O–H groups in total. The van der Waals surface area contributed by atoms with Crippen molar-refractivity contribution in [3.05, 3.63) is 35.9 Å². The third-order valence-corrected chi connectivity index (χ3v) is 3.85. The highest BCUT2D eigenvalue weighted by atomic mass is 16.7. The third-order valence-electron chi connectivity index (χ3n) is 3.85. The quantitative estimate of drug-likeness (QED) is 0.709. The number of carbonyl (C=O) groups excluding carboxylic acids is 4. The summed E-state index contributed by atoms with van der Waals surface area (Å²) in [6.07, 6.45) is 0.0822. The number of ether oxygens (including phenoxy) is 1. The summed E-state index contributed by atoms with van der Waals surface area (Å²) in [5, 5.41) is 3.17. The topological polar surface area (TPSA) is 102 Å². The van der Waals surface area contributed by atoms with Gasteiger partial charge in [0.25, 0.3) is 11.8 Å². The normalized spacial score (nSPS) is 14.9. The highest BCUT2D eigenvalue weighted by Gasteiger charge is 2.32. The number of rotatable bonds is 8. The maximum Gasteiger partial charge on any atom is 0.407 e. The fourth-order valence-electron chi connectivity index (χ4n) is 2.30. The molecule has 0 aliphatic carbocycles. The van der Waals surface area contributed by atoms with E-state index in [1.807, 2.05) is 37.3 Å². The Morgan fingerprint density at radius 1 is 1.15 bits per heavy atom. The Morgan fingerprint density at radius 2 is 1.81 bits per heavy atom. The predicted octanol–water partition coefficient (Wildman–Crippen LogP) is 1.94. The number of carbonyl (C=O) groups is 4. The summed E-state index contributed by atoms with van der Waals surface area (Å²) in [5.41, 5.74) is 0.893. The van der Waals surface area contributed by atoms with Gasteiger partial charge >= 0.3 is 12.1 Å². The highest BCUT2D eigenvalue weighted by molar-refractivity contribution is 6.01. The summed E-state index contributed by atoms with van der Waals surface area (Å²) < 4.78 is 5.09. The number of imide groups is 1. The van der Waals surface area contributed by atoms with Crippen molar-refractivity contribution in [1.29, 1.82) is 0 Å². The molecule has 1 aromatic rings. The molecule has 8 heteroatoms. The average Bonchev–Trinajstić information content (AvgIpc) is 2.95. The van der Waals surface area contributed by atoms with E-state index < -0.39 is 23.9 Å². The van der Waals surface area contributed by atoms with Crippen LogP contribution >= 0.6 is 0 Å². The Kier molecular flexibility index (Phi) is 7.13. The molecule has 1 aliphatic rings. The van der Waals surface area contributed by atoms with E-state index in [0.717, 1.165) is 5.56 Å². The smallest absolute Gasteiger partial charge is 0.407 e. The third kappa shape index (κ3) is 6.19. The molecule has 1 heterocycles. The van der Waals surface area contributed by atoms with Crippen LogP contribution in [0.3, 0.4) is 0 Å². The molecule has 3 amide bonds. The van der Waals surface area contributed by atoms with Crippen molar-refractivity contribution < 1.29 is 28.8 Å². The first-order valence-electron chi connectivity index (χ1n) is 8.47. The lowest BCUT2D eigenvalue weighted by molar-refractivity contribution is -0.197. The highest BCUT2D eigenvalue weighted by Crippen LogP contribution is 2.14. The van der Waals surface area contributed by atoms with Crippen LogP contribution in [0.1, 0.15) is 38.2 Å². The molecule has 8 nitrogen and oxygen atoms in total. The van der Waals surface area contributed by atoms with Gasteiger partial charge in [-0.3, -0.25) is 9.59 Å². The molecule has 1 atom stereocenters. The summed E-state index contributed by atoms with van der Waals surface area (Å²) >= 11 is 0. The van der Waals surface area contributed by atoms with Crippen molar-refractivity contribution in [3.8, 4) is 0 Å². The fraction of sp³-hybridized carbons (Fsp3) is 0.444. The molecule has 0 bridgehead atoms. The van der Waals surface area contributed by atoms with E-state index in [4.69, 9.17) is 9.57 Å². The molecule has 1 aromatic carbocycles. The number of benzene rings is 1. The number of hydroxylamine groups is 2. The second-order valence-electron chi connectivity index (χ2n) is 6.13. The number of nitrogens with zero attached hydrogens (tertiary/aromatic N) is 1. The van der Waals surface area contributed by atoms with Gasteiger partial charge in [-0.05, 0) is 17.9 Å². The minimum Gasteiger partial charge on any atom is -0.445 e. The van der Waals surface area contributed by atoms with Gasteiger partial charge in [-0.25, -0.2) is 9.59 Å². The van der Waals surface area contributed by atoms with E-state index >= 15 is 0 Å². The van der Waals surface area contributed by atoms with Gasteiger partial charge in [-0.1, -0.05) is 37.3 Å². The molecule has 0 spiro atoms. The van der Waals surface area contributed by atoms with Gasteiger partial charge in [0.05, 0.1) is 0 Å². The summed E-state index contributed by atoms with van der Waals surface area (Å²) in [7, 11) is 0. The molecule has 140 valence electrons. The lowest BCUT2D eigenvalue weighted by Crippen LogP contribution is -2.32. The molecule has 1 aliphatic heterocycles. The molecule has 1 saturated heterocycles. The molecule has 0 radical (unpaired) electrons. The summed E-state index contributed by atoms with van der Waals surface area (Å²) in [6, 6.07) is 9.32. The van der Waals surface area contributed by atoms with Crippen molar-refractivity contribution in [2.75, 3.05) is 6.54 Å². The Labute approximate surface area is 151 Å². The summed E-state index contributed by atoms with van der Waals surface area (Å²) in [5.74, 6) is -1.65. The van der Waals surface area contributed by atoms with Crippen molar-refractivity contribution in [3.63, 3.8) is 0 Å². The maximum absolute atomic E-state index is 11.7. The molecule has 1 fully saturated rings. The van der Waals surface area contributed by atoms with Crippen LogP contribution < -0.4 is 5.32 Å². The molecular formula is C18H22N2O6. The fourth-order valence-corrected chi connectivity index (χ4v) is 2.30. The van der Waals surface area contributed by atoms with Gasteiger partial charge in [0.1, 0.15) is 6.61 Å². The standard InChI is InChI=1S/C18H22N2O6/c1-13(7-10-17(23)26-20-15(21)8-9-16(20)22)11-19-18(24)25-12-14-5-3-2-4-6-14/h2-6,13H,7-12H2,1H3,(H,19,24). The average molecular weight is 362 g/mol. The van der Waals surface area contributed by atoms with Crippen LogP contribution in [0.2, 0.25) is 0 Å². The summed E-state index contributed by atoms with van der Waals surface area (Å²) in [4.78, 5) is 50.9. The van der Waals surface area contributed by atoms with E-state index in [2.05, 4.69) is 5.32 Å². The van der Waals surface area contributed by atoms with Gasteiger partial charge in [0, 0.05) is 25.8 Å².